The molecule has 0 spiro atoms. The van der Waals surface area contributed by atoms with Crippen molar-refractivity contribution in [2.75, 3.05) is 13.1 Å². The van der Waals surface area contributed by atoms with Crippen molar-refractivity contribution in [3.05, 3.63) is 12.2 Å². The van der Waals surface area contributed by atoms with Gasteiger partial charge in [-0.15, -0.1) is 0 Å². The van der Waals surface area contributed by atoms with Crippen molar-refractivity contribution in [2.24, 2.45) is 17.8 Å². The van der Waals surface area contributed by atoms with E-state index in [9.17, 15) is 0 Å². The molecule has 6 nitrogen and oxygen atoms in total. The monoisotopic (exact) mass is 236 g/mol. The van der Waals surface area contributed by atoms with Crippen molar-refractivity contribution in [2.45, 2.75) is 32.2 Å². The van der Waals surface area contributed by atoms with Crippen LogP contribution >= 0.6 is 0 Å². The molecule has 1 saturated heterocycles. The van der Waals surface area contributed by atoms with Crippen LogP contribution in [0.5, 0.6) is 0 Å². The molecule has 6 heteroatoms. The fourth-order valence-corrected chi connectivity index (χ4v) is 2.01. The molecule has 0 aromatic carbocycles. The molecular weight excluding hydrogens is 216 g/mol. The Hall–Kier alpha value is -1.59. The minimum atomic E-state index is 0.499. The molecule has 1 aliphatic rings. The first kappa shape index (κ1) is 11.9. The van der Waals surface area contributed by atoms with Gasteiger partial charge in [0.05, 0.1) is 0 Å². The topological polar surface area (TPSA) is 72.3 Å². The summed E-state index contributed by atoms with van der Waals surface area (Å²) in [5.41, 5.74) is 6.00. The SMILES string of the molecule is Cn1ncnc1CN=C(N)N1CCCCCC1. The molecule has 0 aliphatic carbocycles. The zero-order valence-corrected chi connectivity index (χ0v) is 10.3. The lowest BCUT2D eigenvalue weighted by Gasteiger charge is -2.20. The van der Waals surface area contributed by atoms with E-state index in [-0.39, 0.29) is 0 Å². The number of rotatable bonds is 2. The Bertz CT molecular complexity index is 375. The Balaban J connectivity index is 1.94. The van der Waals surface area contributed by atoms with Crippen LogP contribution in [0.4, 0.5) is 0 Å². The van der Waals surface area contributed by atoms with Gasteiger partial charge in [0.1, 0.15) is 18.7 Å². The summed E-state index contributed by atoms with van der Waals surface area (Å²) in [6.07, 6.45) is 6.55. The summed E-state index contributed by atoms with van der Waals surface area (Å²) >= 11 is 0. The van der Waals surface area contributed by atoms with Crippen LogP contribution < -0.4 is 5.73 Å². The Morgan fingerprint density at radius 3 is 2.65 bits per heavy atom. The van der Waals surface area contributed by atoms with E-state index in [0.717, 1.165) is 18.9 Å². The molecule has 0 unspecified atom stereocenters. The smallest absolute Gasteiger partial charge is 0.191 e. The van der Waals surface area contributed by atoms with Crippen molar-refractivity contribution in [3.63, 3.8) is 0 Å². The van der Waals surface area contributed by atoms with Gasteiger partial charge in [-0.3, -0.25) is 4.68 Å². The summed E-state index contributed by atoms with van der Waals surface area (Å²) in [5.74, 6) is 1.47. The highest BCUT2D eigenvalue weighted by Crippen LogP contribution is 2.09. The maximum Gasteiger partial charge on any atom is 0.191 e. The largest absolute Gasteiger partial charge is 0.370 e. The van der Waals surface area contributed by atoms with Crippen LogP contribution in [0.3, 0.4) is 0 Å². The molecule has 0 bridgehead atoms. The number of aryl methyl sites for hydroxylation is 1. The van der Waals surface area contributed by atoms with Crippen molar-refractivity contribution in [1.29, 1.82) is 0 Å². The van der Waals surface area contributed by atoms with Crippen LogP contribution in [0.2, 0.25) is 0 Å². The zero-order chi connectivity index (χ0) is 12.1. The molecule has 2 rings (SSSR count). The molecule has 94 valence electrons. The van der Waals surface area contributed by atoms with Gasteiger partial charge >= 0.3 is 0 Å². The fourth-order valence-electron chi connectivity index (χ4n) is 2.01. The standard InChI is InChI=1S/C11H20N6/c1-16-10(14-9-15-16)8-13-11(12)17-6-4-2-3-5-7-17/h9H,2-8H2,1H3,(H2,12,13). The minimum Gasteiger partial charge on any atom is -0.370 e. The third kappa shape index (κ3) is 3.18. The maximum absolute atomic E-state index is 6.00. The molecule has 1 fully saturated rings. The quantitative estimate of drug-likeness (QED) is 0.599. The second-order valence-electron chi connectivity index (χ2n) is 4.38. The number of aliphatic imine (C=N–C) groups is 1. The molecule has 0 saturated carbocycles. The van der Waals surface area contributed by atoms with Gasteiger partial charge in [0.2, 0.25) is 0 Å². The van der Waals surface area contributed by atoms with E-state index in [0.29, 0.717) is 12.5 Å². The van der Waals surface area contributed by atoms with Gasteiger partial charge in [-0.2, -0.15) is 5.10 Å². The van der Waals surface area contributed by atoms with E-state index in [1.807, 2.05) is 7.05 Å². The van der Waals surface area contributed by atoms with Gasteiger partial charge < -0.3 is 10.6 Å². The third-order valence-electron chi connectivity index (χ3n) is 3.12. The summed E-state index contributed by atoms with van der Waals surface area (Å²) in [6.45, 7) is 2.54. The van der Waals surface area contributed by atoms with Crippen molar-refractivity contribution < 1.29 is 0 Å². The summed E-state index contributed by atoms with van der Waals surface area (Å²) in [5, 5.41) is 4.00. The average molecular weight is 236 g/mol. The van der Waals surface area contributed by atoms with Crippen molar-refractivity contribution in [1.82, 2.24) is 19.7 Å². The molecule has 2 heterocycles. The number of hydrogen-bond acceptors (Lipinski definition) is 3. The van der Waals surface area contributed by atoms with Gasteiger partial charge in [0, 0.05) is 20.1 Å². The number of hydrogen-bond donors (Lipinski definition) is 1. The van der Waals surface area contributed by atoms with Crippen LogP contribution in [0, 0.1) is 0 Å². The van der Waals surface area contributed by atoms with E-state index >= 15 is 0 Å². The highest BCUT2D eigenvalue weighted by Gasteiger charge is 2.10. The Morgan fingerprint density at radius 1 is 1.35 bits per heavy atom. The molecule has 1 aromatic heterocycles. The third-order valence-corrected chi connectivity index (χ3v) is 3.12. The molecule has 0 amide bonds. The highest BCUT2D eigenvalue weighted by molar-refractivity contribution is 5.78. The highest BCUT2D eigenvalue weighted by atomic mass is 15.3. The summed E-state index contributed by atoms with van der Waals surface area (Å²) in [4.78, 5) is 10.7. The van der Waals surface area contributed by atoms with Crippen LogP contribution in [-0.2, 0) is 13.6 Å². The number of nitrogens with two attached hydrogens (primary N) is 1. The number of aromatic nitrogens is 3. The predicted octanol–water partition coefficient (Wildman–Crippen LogP) is 0.506. The van der Waals surface area contributed by atoms with Crippen molar-refractivity contribution >= 4 is 5.96 Å². The zero-order valence-electron chi connectivity index (χ0n) is 10.3. The second kappa shape index (κ2) is 5.65. The molecule has 1 aromatic rings. The van der Waals surface area contributed by atoms with Crippen LogP contribution in [0.15, 0.2) is 11.3 Å². The summed E-state index contributed by atoms with van der Waals surface area (Å²) in [7, 11) is 1.86. The van der Waals surface area contributed by atoms with Gasteiger partial charge in [0.25, 0.3) is 0 Å². The average Bonchev–Trinajstić information content (AvgIpc) is 2.58. The molecule has 17 heavy (non-hydrogen) atoms. The lowest BCUT2D eigenvalue weighted by atomic mass is 10.2. The second-order valence-corrected chi connectivity index (χ2v) is 4.38. The maximum atomic E-state index is 6.00. The number of likely N-dealkylation sites (tertiary alicyclic amines) is 1. The van der Waals surface area contributed by atoms with Gasteiger partial charge in [0.15, 0.2) is 5.96 Å². The molecular formula is C11H20N6. The Morgan fingerprint density at radius 2 is 2.06 bits per heavy atom. The minimum absolute atomic E-state index is 0.499. The molecule has 1 aliphatic heterocycles. The first-order chi connectivity index (χ1) is 8.27. The summed E-state index contributed by atoms with van der Waals surface area (Å²) in [6, 6.07) is 0. The first-order valence-corrected chi connectivity index (χ1v) is 6.15. The van der Waals surface area contributed by atoms with E-state index in [2.05, 4.69) is 20.0 Å². The molecule has 0 atom stereocenters. The van der Waals surface area contributed by atoms with Crippen molar-refractivity contribution in [3.8, 4) is 0 Å². The first-order valence-electron chi connectivity index (χ1n) is 6.15. The molecule has 2 N–H and O–H groups in total. The number of nitrogens with zero attached hydrogens (tertiary/aromatic N) is 5. The van der Waals surface area contributed by atoms with Crippen LogP contribution in [0.25, 0.3) is 0 Å². The van der Waals surface area contributed by atoms with Gasteiger partial charge in [-0.25, -0.2) is 9.98 Å². The van der Waals surface area contributed by atoms with Gasteiger partial charge in [-0.05, 0) is 12.8 Å². The van der Waals surface area contributed by atoms with E-state index in [1.165, 1.54) is 32.0 Å². The van der Waals surface area contributed by atoms with E-state index in [1.54, 1.807) is 4.68 Å². The predicted molar refractivity (Wildman–Crippen MR) is 66.4 cm³/mol. The number of guanidine groups is 1. The van der Waals surface area contributed by atoms with E-state index < -0.39 is 0 Å². The lowest BCUT2D eigenvalue weighted by molar-refractivity contribution is 0.428. The summed E-state index contributed by atoms with van der Waals surface area (Å²) < 4.78 is 1.72. The Kier molecular flexibility index (Phi) is 3.95. The van der Waals surface area contributed by atoms with E-state index in [4.69, 9.17) is 5.73 Å². The van der Waals surface area contributed by atoms with Crippen LogP contribution in [0.1, 0.15) is 31.5 Å². The Labute approximate surface area is 102 Å². The normalized spacial score (nSPS) is 18.2. The molecule has 0 radical (unpaired) electrons. The fraction of sp³-hybridized carbons (Fsp3) is 0.727. The van der Waals surface area contributed by atoms with Crippen LogP contribution in [-0.4, -0.2) is 38.7 Å². The van der Waals surface area contributed by atoms with Gasteiger partial charge in [-0.1, -0.05) is 12.8 Å². The lowest BCUT2D eigenvalue weighted by Crippen LogP contribution is -2.38.